The normalized spacial score (nSPS) is 12.0. The number of amides is 1. The number of methoxy groups -OCH3 is 1. The van der Waals surface area contributed by atoms with Gasteiger partial charge in [-0.3, -0.25) is 4.79 Å². The average molecular weight is 392 g/mol. The molecule has 156 valence electrons. The highest BCUT2D eigenvalue weighted by Gasteiger charge is 2.27. The third-order valence-corrected chi connectivity index (χ3v) is 3.71. The molecule has 0 aliphatic rings. The van der Waals surface area contributed by atoms with Crippen LogP contribution in [0.25, 0.3) is 6.08 Å². The van der Waals surface area contributed by atoms with Gasteiger partial charge in [0.05, 0.1) is 7.11 Å². The number of nitrogens with one attached hydrogen (secondary N) is 1. The van der Waals surface area contributed by atoms with Gasteiger partial charge in [0.2, 0.25) is 0 Å². The van der Waals surface area contributed by atoms with E-state index >= 15 is 0 Å². The fourth-order valence-corrected chi connectivity index (χ4v) is 3.21. The molecule has 28 heavy (non-hydrogen) atoms. The zero-order valence-electron chi connectivity index (χ0n) is 18.0. The van der Waals surface area contributed by atoms with Crippen molar-refractivity contribution in [3.8, 4) is 11.5 Å². The molecule has 1 aromatic rings. The molecule has 0 radical (unpaired) electrons. The summed E-state index contributed by atoms with van der Waals surface area (Å²) in [5.74, 6) is -0.00668. The first-order valence-corrected chi connectivity index (χ1v) is 9.36. The van der Waals surface area contributed by atoms with Crippen LogP contribution in [0.2, 0.25) is 0 Å². The van der Waals surface area contributed by atoms with Gasteiger partial charge in [-0.15, -0.1) is 0 Å². The van der Waals surface area contributed by atoms with Crippen molar-refractivity contribution in [1.82, 2.24) is 5.32 Å². The van der Waals surface area contributed by atoms with Crippen molar-refractivity contribution in [2.24, 2.45) is 5.41 Å². The predicted molar refractivity (Wildman–Crippen MR) is 110 cm³/mol. The first-order valence-electron chi connectivity index (χ1n) is 9.36. The van der Waals surface area contributed by atoms with E-state index in [-0.39, 0.29) is 30.1 Å². The smallest absolute Gasteiger partial charge is 0.344 e. The number of allylic oxidation sites excluding steroid dienone is 1. The third-order valence-electron chi connectivity index (χ3n) is 3.71. The Morgan fingerprint density at radius 2 is 1.75 bits per heavy atom. The van der Waals surface area contributed by atoms with Crippen LogP contribution in [0.1, 0.15) is 53.5 Å². The number of rotatable bonds is 9. The van der Waals surface area contributed by atoms with Crippen molar-refractivity contribution >= 4 is 18.0 Å². The van der Waals surface area contributed by atoms with E-state index in [2.05, 4.69) is 26.1 Å². The lowest BCUT2D eigenvalue weighted by Crippen LogP contribution is -2.47. The van der Waals surface area contributed by atoms with E-state index in [4.69, 9.17) is 14.2 Å². The molecule has 0 fully saturated rings. The SMILES string of the molecule is C/C=C/c1ccc(OCC(=O)OCC(=O)NC(C)(C)CC(C)(C)C)c(OC)c1. The Hall–Kier alpha value is -2.50. The number of esters is 1. The van der Waals surface area contributed by atoms with E-state index in [1.165, 1.54) is 7.11 Å². The molecule has 0 spiro atoms. The second-order valence-corrected chi connectivity index (χ2v) is 8.53. The van der Waals surface area contributed by atoms with Crippen molar-refractivity contribution in [3.05, 3.63) is 29.8 Å². The summed E-state index contributed by atoms with van der Waals surface area (Å²) in [5.41, 5.74) is 0.646. The van der Waals surface area contributed by atoms with Crippen molar-refractivity contribution < 1.29 is 23.8 Å². The molecule has 0 aliphatic carbocycles. The predicted octanol–water partition coefficient (Wildman–Crippen LogP) is 3.98. The lowest BCUT2D eigenvalue weighted by atomic mass is 9.82. The molecule has 0 heterocycles. The fourth-order valence-electron chi connectivity index (χ4n) is 3.21. The first-order chi connectivity index (χ1) is 13.0. The fraction of sp³-hybridized carbons (Fsp3) is 0.545. The number of ether oxygens (including phenoxy) is 3. The molecule has 0 aliphatic heterocycles. The molecule has 6 nitrogen and oxygen atoms in total. The molecule has 1 N–H and O–H groups in total. The maximum absolute atomic E-state index is 12.1. The quantitative estimate of drug-likeness (QED) is 0.645. The van der Waals surface area contributed by atoms with Crippen molar-refractivity contribution in [2.45, 2.75) is 53.5 Å². The molecule has 1 amide bonds. The summed E-state index contributed by atoms with van der Waals surface area (Å²) in [7, 11) is 1.53. The Labute approximate surface area is 168 Å². The number of benzene rings is 1. The van der Waals surface area contributed by atoms with Crippen LogP contribution in [0.15, 0.2) is 24.3 Å². The number of carbonyl (C=O) groups is 2. The lowest BCUT2D eigenvalue weighted by molar-refractivity contribution is -0.151. The molecule has 1 aromatic carbocycles. The van der Waals surface area contributed by atoms with Crippen LogP contribution in [-0.2, 0) is 14.3 Å². The van der Waals surface area contributed by atoms with Crippen molar-refractivity contribution in [3.63, 3.8) is 0 Å². The van der Waals surface area contributed by atoms with Crippen molar-refractivity contribution in [2.75, 3.05) is 20.3 Å². The highest BCUT2D eigenvalue weighted by Crippen LogP contribution is 2.29. The molecule has 6 heteroatoms. The van der Waals surface area contributed by atoms with Crippen LogP contribution in [-0.4, -0.2) is 37.7 Å². The van der Waals surface area contributed by atoms with Gasteiger partial charge >= 0.3 is 5.97 Å². The minimum atomic E-state index is -0.622. The van der Waals surface area contributed by atoms with Gasteiger partial charge in [0.15, 0.2) is 24.7 Å². The van der Waals surface area contributed by atoms with Gasteiger partial charge in [0, 0.05) is 5.54 Å². The van der Waals surface area contributed by atoms with Crippen LogP contribution >= 0.6 is 0 Å². The van der Waals surface area contributed by atoms with Gasteiger partial charge in [0.25, 0.3) is 5.91 Å². The highest BCUT2D eigenvalue weighted by molar-refractivity contribution is 5.81. The minimum Gasteiger partial charge on any atom is -0.493 e. The molecule has 0 unspecified atom stereocenters. The molecule has 0 bridgehead atoms. The van der Waals surface area contributed by atoms with E-state index in [0.29, 0.717) is 11.5 Å². The lowest BCUT2D eigenvalue weighted by Gasteiger charge is -2.33. The Kier molecular flexibility index (Phi) is 8.54. The van der Waals surface area contributed by atoms with Crippen LogP contribution in [0, 0.1) is 5.41 Å². The Bertz CT molecular complexity index is 701. The Morgan fingerprint density at radius 1 is 1.07 bits per heavy atom. The second-order valence-electron chi connectivity index (χ2n) is 8.53. The van der Waals surface area contributed by atoms with Gasteiger partial charge in [-0.2, -0.15) is 0 Å². The van der Waals surface area contributed by atoms with Gasteiger partial charge in [-0.1, -0.05) is 39.0 Å². The third kappa shape index (κ3) is 8.93. The number of hydrogen-bond acceptors (Lipinski definition) is 5. The molecule has 0 aromatic heterocycles. The molecule has 0 atom stereocenters. The zero-order chi connectivity index (χ0) is 21.4. The summed E-state index contributed by atoms with van der Waals surface area (Å²) in [4.78, 5) is 24.0. The molecule has 0 saturated heterocycles. The molecular weight excluding hydrogens is 358 g/mol. The van der Waals surface area contributed by atoms with Gasteiger partial charge < -0.3 is 19.5 Å². The summed E-state index contributed by atoms with van der Waals surface area (Å²) in [6.45, 7) is 11.5. The summed E-state index contributed by atoms with van der Waals surface area (Å²) in [6, 6.07) is 5.39. The Morgan fingerprint density at radius 3 is 2.32 bits per heavy atom. The monoisotopic (exact) mass is 391 g/mol. The Balaban J connectivity index is 2.50. The van der Waals surface area contributed by atoms with Crippen LogP contribution in [0.4, 0.5) is 0 Å². The maximum atomic E-state index is 12.1. The van der Waals surface area contributed by atoms with E-state index in [9.17, 15) is 9.59 Å². The van der Waals surface area contributed by atoms with Gasteiger partial charge in [0.1, 0.15) is 0 Å². The van der Waals surface area contributed by atoms with E-state index in [1.807, 2.05) is 45.1 Å². The van der Waals surface area contributed by atoms with Crippen LogP contribution in [0.3, 0.4) is 0 Å². The maximum Gasteiger partial charge on any atom is 0.344 e. The number of hydrogen-bond donors (Lipinski definition) is 1. The zero-order valence-corrected chi connectivity index (χ0v) is 18.0. The van der Waals surface area contributed by atoms with Crippen molar-refractivity contribution in [1.29, 1.82) is 0 Å². The van der Waals surface area contributed by atoms with Crippen LogP contribution < -0.4 is 14.8 Å². The minimum absolute atomic E-state index is 0.0722. The average Bonchev–Trinajstić information content (AvgIpc) is 2.56. The van der Waals surface area contributed by atoms with E-state index < -0.39 is 5.97 Å². The standard InChI is InChI=1S/C22H33NO5/c1-8-9-16-10-11-17(18(12-16)26-7)27-14-20(25)28-13-19(24)23-22(5,6)15-21(2,3)4/h8-12H,13-15H2,1-7H3,(H,23,24)/b9-8+. The highest BCUT2D eigenvalue weighted by atomic mass is 16.6. The topological polar surface area (TPSA) is 73.9 Å². The summed E-state index contributed by atoms with van der Waals surface area (Å²) in [6.07, 6.45) is 4.65. The molecule has 0 saturated carbocycles. The summed E-state index contributed by atoms with van der Waals surface area (Å²) >= 11 is 0. The van der Waals surface area contributed by atoms with Crippen LogP contribution in [0.5, 0.6) is 11.5 Å². The first kappa shape index (κ1) is 23.5. The summed E-state index contributed by atoms with van der Waals surface area (Å²) in [5, 5.41) is 2.89. The second kappa shape index (κ2) is 10.2. The van der Waals surface area contributed by atoms with E-state index in [0.717, 1.165) is 12.0 Å². The van der Waals surface area contributed by atoms with Gasteiger partial charge in [-0.05, 0) is 50.3 Å². The molecule has 1 rings (SSSR count). The molecular formula is C22H33NO5. The summed E-state index contributed by atoms with van der Waals surface area (Å²) < 4.78 is 15.8. The number of carbonyl (C=O) groups excluding carboxylic acids is 2. The largest absolute Gasteiger partial charge is 0.493 e. The van der Waals surface area contributed by atoms with E-state index in [1.54, 1.807) is 6.07 Å². The van der Waals surface area contributed by atoms with Gasteiger partial charge in [-0.25, -0.2) is 4.79 Å².